The summed E-state index contributed by atoms with van der Waals surface area (Å²) in [5, 5.41) is 0. The summed E-state index contributed by atoms with van der Waals surface area (Å²) in [5.74, 6) is 0.593. The highest BCUT2D eigenvalue weighted by molar-refractivity contribution is 5.79. The third-order valence-electron chi connectivity index (χ3n) is 4.35. The van der Waals surface area contributed by atoms with Crippen molar-refractivity contribution in [3.05, 3.63) is 12.8 Å². The van der Waals surface area contributed by atoms with Crippen LogP contribution in [0.15, 0.2) is 12.8 Å². The van der Waals surface area contributed by atoms with Crippen LogP contribution in [0.3, 0.4) is 0 Å². The Morgan fingerprint density at radius 1 is 1.23 bits per heavy atom. The second kappa shape index (κ2) is 11.5. The molecule has 0 unspecified atom stereocenters. The number of carbonyl (C=O) groups is 1. The van der Waals surface area contributed by atoms with Crippen molar-refractivity contribution in [3.8, 4) is 0 Å². The fraction of sp³-hybridized carbons (Fsp3) is 0.833. The zero-order chi connectivity index (χ0) is 16.2. The van der Waals surface area contributed by atoms with E-state index in [4.69, 9.17) is 4.74 Å². The molecule has 1 aliphatic rings. The summed E-state index contributed by atoms with van der Waals surface area (Å²) in [4.78, 5) is 16.5. The van der Waals surface area contributed by atoms with Gasteiger partial charge in [-0.05, 0) is 25.8 Å². The molecule has 0 spiro atoms. The zero-order valence-electron chi connectivity index (χ0n) is 14.6. The SMILES string of the molecule is C=COCCCCCCCCN(C)C(=O)C1CN(CCC)C1. The molecule has 1 heterocycles. The zero-order valence-corrected chi connectivity index (χ0v) is 14.6. The Kier molecular flexibility index (Phi) is 9.96. The highest BCUT2D eigenvalue weighted by atomic mass is 16.5. The number of likely N-dealkylation sites (tertiary alicyclic amines) is 1. The molecule has 128 valence electrons. The predicted molar refractivity (Wildman–Crippen MR) is 91.7 cm³/mol. The Labute approximate surface area is 136 Å². The molecule has 0 bridgehead atoms. The van der Waals surface area contributed by atoms with Gasteiger partial charge in [-0.15, -0.1) is 0 Å². The minimum atomic E-state index is 0.251. The molecule has 1 aliphatic heterocycles. The molecule has 4 nitrogen and oxygen atoms in total. The van der Waals surface area contributed by atoms with Crippen LogP contribution in [0, 0.1) is 5.92 Å². The average Bonchev–Trinajstić information content (AvgIpc) is 2.48. The smallest absolute Gasteiger partial charge is 0.228 e. The Bertz CT molecular complexity index is 314. The molecule has 1 rings (SSSR count). The lowest BCUT2D eigenvalue weighted by molar-refractivity contribution is -0.139. The molecule has 1 saturated heterocycles. The summed E-state index contributed by atoms with van der Waals surface area (Å²) in [5.41, 5.74) is 0. The van der Waals surface area contributed by atoms with Gasteiger partial charge in [-0.3, -0.25) is 4.79 Å². The van der Waals surface area contributed by atoms with E-state index in [9.17, 15) is 4.79 Å². The molecule has 0 N–H and O–H groups in total. The highest BCUT2D eigenvalue weighted by Gasteiger charge is 2.33. The molecule has 0 aromatic heterocycles. The predicted octanol–water partition coefficient (Wildman–Crippen LogP) is 3.29. The van der Waals surface area contributed by atoms with Gasteiger partial charge >= 0.3 is 0 Å². The van der Waals surface area contributed by atoms with Gasteiger partial charge in [0.15, 0.2) is 0 Å². The van der Waals surface area contributed by atoms with Crippen molar-refractivity contribution in [2.24, 2.45) is 5.92 Å². The minimum Gasteiger partial charge on any atom is -0.502 e. The molecular weight excluding hydrogens is 276 g/mol. The Morgan fingerprint density at radius 3 is 2.50 bits per heavy atom. The lowest BCUT2D eigenvalue weighted by Crippen LogP contribution is -2.53. The Hall–Kier alpha value is -1.03. The van der Waals surface area contributed by atoms with Crippen LogP contribution in [0.25, 0.3) is 0 Å². The van der Waals surface area contributed by atoms with Gasteiger partial charge in [0, 0.05) is 26.7 Å². The molecule has 0 aromatic rings. The summed E-state index contributed by atoms with van der Waals surface area (Å²) in [6.45, 7) is 10.5. The van der Waals surface area contributed by atoms with E-state index in [2.05, 4.69) is 18.4 Å². The van der Waals surface area contributed by atoms with Crippen LogP contribution in [0.2, 0.25) is 0 Å². The van der Waals surface area contributed by atoms with Crippen molar-refractivity contribution < 1.29 is 9.53 Å². The number of unbranched alkanes of at least 4 members (excludes halogenated alkanes) is 5. The summed E-state index contributed by atoms with van der Waals surface area (Å²) in [6.07, 6.45) is 9.87. The van der Waals surface area contributed by atoms with E-state index in [1.807, 2.05) is 11.9 Å². The van der Waals surface area contributed by atoms with Gasteiger partial charge in [-0.2, -0.15) is 0 Å². The van der Waals surface area contributed by atoms with E-state index in [1.165, 1.54) is 38.4 Å². The van der Waals surface area contributed by atoms with Crippen molar-refractivity contribution in [1.29, 1.82) is 0 Å². The molecular formula is C18H34N2O2. The van der Waals surface area contributed by atoms with E-state index in [1.54, 1.807) is 0 Å². The first-order chi connectivity index (χ1) is 10.7. The van der Waals surface area contributed by atoms with Gasteiger partial charge in [-0.1, -0.05) is 39.2 Å². The topological polar surface area (TPSA) is 32.8 Å². The van der Waals surface area contributed by atoms with E-state index >= 15 is 0 Å². The third kappa shape index (κ3) is 7.30. The number of rotatable bonds is 13. The van der Waals surface area contributed by atoms with Crippen molar-refractivity contribution in [2.75, 3.05) is 39.8 Å². The van der Waals surface area contributed by atoms with Gasteiger partial charge < -0.3 is 14.5 Å². The van der Waals surface area contributed by atoms with Crippen molar-refractivity contribution >= 4 is 5.91 Å². The Balaban J connectivity index is 1.94. The number of ether oxygens (including phenoxy) is 1. The molecule has 0 atom stereocenters. The first kappa shape index (κ1) is 19.0. The maximum atomic E-state index is 12.2. The number of amides is 1. The quantitative estimate of drug-likeness (QED) is 0.386. The van der Waals surface area contributed by atoms with E-state index in [0.29, 0.717) is 5.91 Å². The Morgan fingerprint density at radius 2 is 1.86 bits per heavy atom. The molecule has 1 amide bonds. The lowest BCUT2D eigenvalue weighted by Gasteiger charge is -2.39. The second-order valence-electron chi connectivity index (χ2n) is 6.38. The summed E-state index contributed by atoms with van der Waals surface area (Å²) >= 11 is 0. The molecule has 22 heavy (non-hydrogen) atoms. The van der Waals surface area contributed by atoms with Crippen LogP contribution in [0.5, 0.6) is 0 Å². The number of nitrogens with zero attached hydrogens (tertiary/aromatic N) is 2. The van der Waals surface area contributed by atoms with Crippen LogP contribution in [0.1, 0.15) is 51.9 Å². The first-order valence-corrected chi connectivity index (χ1v) is 8.88. The fourth-order valence-corrected chi connectivity index (χ4v) is 2.97. The summed E-state index contributed by atoms with van der Waals surface area (Å²) < 4.78 is 5.10. The third-order valence-corrected chi connectivity index (χ3v) is 4.35. The maximum absolute atomic E-state index is 12.2. The normalized spacial score (nSPS) is 15.4. The monoisotopic (exact) mass is 310 g/mol. The standard InChI is InChI=1S/C18H34N2O2/c1-4-12-20-15-17(16-20)18(21)19(3)13-10-8-6-7-9-11-14-22-5-2/h5,17H,2,4,6-16H2,1,3H3. The molecule has 0 aliphatic carbocycles. The van der Waals surface area contributed by atoms with Crippen LogP contribution in [-0.4, -0.2) is 55.5 Å². The first-order valence-electron chi connectivity index (χ1n) is 8.88. The second-order valence-corrected chi connectivity index (χ2v) is 6.38. The largest absolute Gasteiger partial charge is 0.502 e. The van der Waals surface area contributed by atoms with Crippen LogP contribution in [-0.2, 0) is 9.53 Å². The summed E-state index contributed by atoms with van der Waals surface area (Å²) in [7, 11) is 1.96. The molecule has 0 radical (unpaired) electrons. The minimum absolute atomic E-state index is 0.251. The van der Waals surface area contributed by atoms with Gasteiger partial charge in [-0.25, -0.2) is 0 Å². The van der Waals surface area contributed by atoms with Crippen molar-refractivity contribution in [1.82, 2.24) is 9.80 Å². The number of hydrogen-bond donors (Lipinski definition) is 0. The summed E-state index contributed by atoms with van der Waals surface area (Å²) in [6, 6.07) is 0. The fourth-order valence-electron chi connectivity index (χ4n) is 2.97. The van der Waals surface area contributed by atoms with Gasteiger partial charge in [0.1, 0.15) is 0 Å². The molecule has 0 aromatic carbocycles. The lowest BCUT2D eigenvalue weighted by atomic mass is 9.98. The van der Waals surface area contributed by atoms with Crippen molar-refractivity contribution in [2.45, 2.75) is 51.9 Å². The van der Waals surface area contributed by atoms with Gasteiger partial charge in [0.05, 0.1) is 18.8 Å². The number of hydrogen-bond acceptors (Lipinski definition) is 3. The molecule has 4 heteroatoms. The van der Waals surface area contributed by atoms with E-state index < -0.39 is 0 Å². The van der Waals surface area contributed by atoms with Crippen molar-refractivity contribution in [3.63, 3.8) is 0 Å². The number of carbonyl (C=O) groups excluding carboxylic acids is 1. The van der Waals surface area contributed by atoms with E-state index in [-0.39, 0.29) is 5.92 Å². The van der Waals surface area contributed by atoms with Gasteiger partial charge in [0.25, 0.3) is 0 Å². The maximum Gasteiger partial charge on any atom is 0.228 e. The van der Waals surface area contributed by atoms with Crippen LogP contribution < -0.4 is 0 Å². The molecule has 1 fully saturated rings. The van der Waals surface area contributed by atoms with E-state index in [0.717, 1.165) is 45.6 Å². The van der Waals surface area contributed by atoms with Gasteiger partial charge in [0.2, 0.25) is 5.91 Å². The highest BCUT2D eigenvalue weighted by Crippen LogP contribution is 2.18. The average molecular weight is 310 g/mol. The molecule has 0 saturated carbocycles. The van der Waals surface area contributed by atoms with Crippen LogP contribution >= 0.6 is 0 Å². The van der Waals surface area contributed by atoms with Crippen LogP contribution in [0.4, 0.5) is 0 Å².